The highest BCUT2D eigenvalue weighted by molar-refractivity contribution is 6.29. The summed E-state index contributed by atoms with van der Waals surface area (Å²) in [6.07, 6.45) is 0.852. The molecule has 0 aliphatic carbocycles. The second-order valence-electron chi connectivity index (χ2n) is 3.24. The minimum atomic E-state index is 0.234. The largest absolute Gasteiger partial charge is 0.508 e. The molecule has 0 fully saturated rings. The summed E-state index contributed by atoms with van der Waals surface area (Å²) in [6, 6.07) is 8.60. The van der Waals surface area contributed by atoms with Crippen molar-refractivity contribution >= 4 is 11.6 Å². The number of aromatic nitrogens is 2. The highest BCUT2D eigenvalue weighted by atomic mass is 35.5. The number of aryl methyl sites for hydroxylation is 1. The van der Waals surface area contributed by atoms with Gasteiger partial charge in [-0.2, -0.15) is 5.10 Å². The number of nitrogens with zero attached hydrogens (tertiary/aromatic N) is 2. The summed E-state index contributed by atoms with van der Waals surface area (Å²) < 4.78 is 1.65. The third-order valence-corrected chi connectivity index (χ3v) is 2.44. The van der Waals surface area contributed by atoms with E-state index in [2.05, 4.69) is 5.10 Å². The molecule has 1 heterocycles. The van der Waals surface area contributed by atoms with Crippen LogP contribution in [0.15, 0.2) is 30.3 Å². The minimum absolute atomic E-state index is 0.234. The van der Waals surface area contributed by atoms with E-state index in [0.29, 0.717) is 5.15 Å². The summed E-state index contributed by atoms with van der Waals surface area (Å²) in [7, 11) is 0. The molecule has 2 aromatic rings. The van der Waals surface area contributed by atoms with Crippen molar-refractivity contribution in [3.05, 3.63) is 41.2 Å². The second-order valence-corrected chi connectivity index (χ2v) is 3.63. The maximum atomic E-state index is 9.16. The van der Waals surface area contributed by atoms with E-state index in [4.69, 9.17) is 16.7 Å². The lowest BCUT2D eigenvalue weighted by Crippen LogP contribution is -1.96. The fourth-order valence-corrected chi connectivity index (χ4v) is 1.61. The van der Waals surface area contributed by atoms with Gasteiger partial charge in [0.25, 0.3) is 0 Å². The molecule has 0 atom stereocenters. The predicted molar refractivity (Wildman–Crippen MR) is 59.6 cm³/mol. The Morgan fingerprint density at radius 3 is 2.53 bits per heavy atom. The molecule has 0 bridgehead atoms. The molecule has 0 aliphatic rings. The number of phenols is 1. The van der Waals surface area contributed by atoms with Crippen LogP contribution < -0.4 is 0 Å². The minimum Gasteiger partial charge on any atom is -0.508 e. The number of rotatable bonds is 2. The van der Waals surface area contributed by atoms with Gasteiger partial charge in [-0.05, 0) is 36.8 Å². The first-order chi connectivity index (χ1) is 7.20. The van der Waals surface area contributed by atoms with Crippen LogP contribution >= 0.6 is 11.6 Å². The van der Waals surface area contributed by atoms with Gasteiger partial charge >= 0.3 is 0 Å². The van der Waals surface area contributed by atoms with Crippen LogP contribution in [-0.4, -0.2) is 14.9 Å². The number of benzene rings is 1. The average Bonchev–Trinajstić information content (AvgIpc) is 2.61. The number of hydrogen-bond donors (Lipinski definition) is 1. The zero-order valence-corrected chi connectivity index (χ0v) is 9.07. The van der Waals surface area contributed by atoms with E-state index in [9.17, 15) is 0 Å². The van der Waals surface area contributed by atoms with Gasteiger partial charge in [0.1, 0.15) is 10.9 Å². The van der Waals surface area contributed by atoms with E-state index in [1.807, 2.05) is 13.0 Å². The first kappa shape index (κ1) is 10.1. The molecule has 0 spiro atoms. The number of aromatic hydroxyl groups is 1. The van der Waals surface area contributed by atoms with Crippen molar-refractivity contribution in [3.63, 3.8) is 0 Å². The molecule has 15 heavy (non-hydrogen) atoms. The van der Waals surface area contributed by atoms with Gasteiger partial charge in [0.15, 0.2) is 0 Å². The SMILES string of the molecule is CCc1cc(Cl)n(-c2ccc(O)cc2)n1. The van der Waals surface area contributed by atoms with Crippen LogP contribution in [0.3, 0.4) is 0 Å². The summed E-state index contributed by atoms with van der Waals surface area (Å²) in [4.78, 5) is 0. The van der Waals surface area contributed by atoms with Crippen molar-refractivity contribution in [3.8, 4) is 11.4 Å². The lowest BCUT2D eigenvalue weighted by Gasteiger charge is -2.02. The Bertz CT molecular complexity index is 462. The van der Waals surface area contributed by atoms with Crippen LogP contribution in [0.4, 0.5) is 0 Å². The van der Waals surface area contributed by atoms with E-state index in [-0.39, 0.29) is 5.75 Å². The standard InChI is InChI=1S/C11H11ClN2O/c1-2-8-7-11(12)14(13-8)9-3-5-10(15)6-4-9/h3-7,15H,2H2,1H3. The third-order valence-electron chi connectivity index (χ3n) is 2.17. The number of halogens is 1. The molecule has 1 aromatic heterocycles. The van der Waals surface area contributed by atoms with E-state index >= 15 is 0 Å². The fourth-order valence-electron chi connectivity index (χ4n) is 1.35. The van der Waals surface area contributed by atoms with E-state index in [0.717, 1.165) is 17.8 Å². The Hall–Kier alpha value is -1.48. The lowest BCUT2D eigenvalue weighted by atomic mass is 10.3. The molecule has 4 heteroatoms. The molecule has 1 aromatic carbocycles. The third kappa shape index (κ3) is 1.97. The van der Waals surface area contributed by atoms with Gasteiger partial charge < -0.3 is 5.11 Å². The lowest BCUT2D eigenvalue weighted by molar-refractivity contribution is 0.475. The van der Waals surface area contributed by atoms with E-state index < -0.39 is 0 Å². The normalized spacial score (nSPS) is 10.5. The quantitative estimate of drug-likeness (QED) is 0.849. The maximum Gasteiger partial charge on any atom is 0.133 e. The van der Waals surface area contributed by atoms with E-state index in [1.165, 1.54) is 0 Å². The van der Waals surface area contributed by atoms with Crippen LogP contribution in [-0.2, 0) is 6.42 Å². The van der Waals surface area contributed by atoms with Gasteiger partial charge in [-0.25, -0.2) is 4.68 Å². The maximum absolute atomic E-state index is 9.16. The fraction of sp³-hybridized carbons (Fsp3) is 0.182. The second kappa shape index (κ2) is 3.95. The van der Waals surface area contributed by atoms with Gasteiger partial charge in [0.05, 0.1) is 11.4 Å². The monoisotopic (exact) mass is 222 g/mol. The van der Waals surface area contributed by atoms with Crippen molar-refractivity contribution < 1.29 is 5.11 Å². The molecule has 0 aliphatic heterocycles. The van der Waals surface area contributed by atoms with Crippen LogP contribution in [0.25, 0.3) is 5.69 Å². The first-order valence-corrected chi connectivity index (χ1v) is 5.12. The Morgan fingerprint density at radius 1 is 1.33 bits per heavy atom. The zero-order chi connectivity index (χ0) is 10.8. The highest BCUT2D eigenvalue weighted by Crippen LogP contribution is 2.19. The predicted octanol–water partition coefficient (Wildman–Crippen LogP) is 2.79. The average molecular weight is 223 g/mol. The first-order valence-electron chi connectivity index (χ1n) is 4.74. The topological polar surface area (TPSA) is 38.0 Å². The van der Waals surface area contributed by atoms with Crippen LogP contribution in [0.2, 0.25) is 5.15 Å². The Morgan fingerprint density at radius 2 is 2.00 bits per heavy atom. The van der Waals surface area contributed by atoms with Gasteiger partial charge in [0.2, 0.25) is 0 Å². The molecule has 0 saturated carbocycles. The van der Waals surface area contributed by atoms with Gasteiger partial charge in [-0.1, -0.05) is 18.5 Å². The summed E-state index contributed by atoms with van der Waals surface area (Å²) in [6.45, 7) is 2.03. The number of hydrogen-bond acceptors (Lipinski definition) is 2. The van der Waals surface area contributed by atoms with Gasteiger partial charge in [-0.15, -0.1) is 0 Å². The summed E-state index contributed by atoms with van der Waals surface area (Å²) in [5.74, 6) is 0.234. The number of phenolic OH excluding ortho intramolecular Hbond substituents is 1. The Kier molecular flexibility index (Phi) is 2.64. The molecule has 2 rings (SSSR count). The summed E-state index contributed by atoms with van der Waals surface area (Å²) >= 11 is 6.04. The van der Waals surface area contributed by atoms with E-state index in [1.54, 1.807) is 28.9 Å². The zero-order valence-electron chi connectivity index (χ0n) is 8.31. The van der Waals surface area contributed by atoms with Gasteiger partial charge in [0, 0.05) is 0 Å². The molecular formula is C11H11ClN2O. The molecule has 78 valence electrons. The molecule has 1 N–H and O–H groups in total. The van der Waals surface area contributed by atoms with Crippen LogP contribution in [0.5, 0.6) is 5.75 Å². The molecule has 0 radical (unpaired) electrons. The Labute approximate surface area is 92.9 Å². The van der Waals surface area contributed by atoms with Crippen molar-refractivity contribution in [1.82, 2.24) is 9.78 Å². The molecule has 3 nitrogen and oxygen atoms in total. The van der Waals surface area contributed by atoms with Crippen molar-refractivity contribution in [2.45, 2.75) is 13.3 Å². The smallest absolute Gasteiger partial charge is 0.133 e. The van der Waals surface area contributed by atoms with Crippen LogP contribution in [0.1, 0.15) is 12.6 Å². The van der Waals surface area contributed by atoms with Gasteiger partial charge in [-0.3, -0.25) is 0 Å². The highest BCUT2D eigenvalue weighted by Gasteiger charge is 2.06. The molecule has 0 amide bonds. The Balaban J connectivity index is 2.44. The molecule has 0 unspecified atom stereocenters. The van der Waals surface area contributed by atoms with Crippen LogP contribution in [0, 0.1) is 0 Å². The van der Waals surface area contributed by atoms with Crippen molar-refractivity contribution in [2.75, 3.05) is 0 Å². The summed E-state index contributed by atoms with van der Waals surface area (Å²) in [5.41, 5.74) is 1.80. The summed E-state index contributed by atoms with van der Waals surface area (Å²) in [5, 5.41) is 14.1. The van der Waals surface area contributed by atoms with Crippen molar-refractivity contribution in [2.24, 2.45) is 0 Å². The molecule has 0 saturated heterocycles. The van der Waals surface area contributed by atoms with Crippen molar-refractivity contribution in [1.29, 1.82) is 0 Å². The molecular weight excluding hydrogens is 212 g/mol.